The lowest BCUT2D eigenvalue weighted by molar-refractivity contribution is -0.147. The number of para-hydroxylation sites is 1. The maximum absolute atomic E-state index is 11.9. The van der Waals surface area contributed by atoms with Gasteiger partial charge in [0.05, 0.1) is 17.9 Å². The van der Waals surface area contributed by atoms with Crippen molar-refractivity contribution < 1.29 is 28.7 Å². The summed E-state index contributed by atoms with van der Waals surface area (Å²) in [5, 5.41) is 2.49. The van der Waals surface area contributed by atoms with Gasteiger partial charge in [-0.2, -0.15) is 0 Å². The van der Waals surface area contributed by atoms with Crippen LogP contribution in [0.25, 0.3) is 0 Å². The van der Waals surface area contributed by atoms with E-state index in [0.29, 0.717) is 18.8 Å². The number of nitrogens with one attached hydrogen (secondary N) is 1. The Morgan fingerprint density at radius 3 is 2.70 bits per heavy atom. The van der Waals surface area contributed by atoms with Gasteiger partial charge in [-0.1, -0.05) is 12.1 Å². The molecule has 0 spiro atoms. The molecule has 8 nitrogen and oxygen atoms in total. The fourth-order valence-electron chi connectivity index (χ4n) is 2.07. The topological polar surface area (TPSA) is 102 Å². The molecule has 0 saturated heterocycles. The second-order valence-electron chi connectivity index (χ2n) is 4.74. The van der Waals surface area contributed by atoms with Gasteiger partial charge in [-0.3, -0.25) is 24.1 Å². The zero-order chi connectivity index (χ0) is 16.8. The van der Waals surface area contributed by atoms with Crippen LogP contribution in [-0.4, -0.2) is 57.0 Å². The quantitative estimate of drug-likeness (QED) is 0.414. The number of rotatable bonds is 7. The minimum atomic E-state index is -0.785. The highest BCUT2D eigenvalue weighted by Crippen LogP contribution is 2.28. The molecule has 1 aliphatic rings. The summed E-state index contributed by atoms with van der Waals surface area (Å²) in [6.45, 7) is -0.229. The van der Waals surface area contributed by atoms with Gasteiger partial charge in [-0.05, 0) is 12.1 Å². The first kappa shape index (κ1) is 16.6. The van der Waals surface area contributed by atoms with Gasteiger partial charge < -0.3 is 14.8 Å². The van der Waals surface area contributed by atoms with E-state index < -0.39 is 36.7 Å². The Balaban J connectivity index is 1.87. The van der Waals surface area contributed by atoms with Crippen LogP contribution in [0.4, 0.5) is 5.69 Å². The Kier molecular flexibility index (Phi) is 5.42. The third-order valence-electron chi connectivity index (χ3n) is 3.16. The molecular weight excluding hydrogens is 304 g/mol. The summed E-state index contributed by atoms with van der Waals surface area (Å²) in [7, 11) is 1.50. The third kappa shape index (κ3) is 3.92. The minimum Gasteiger partial charge on any atom is -0.454 e. The fraction of sp³-hybridized carbons (Fsp3) is 0.333. The van der Waals surface area contributed by atoms with Crippen LogP contribution in [0.1, 0.15) is 10.4 Å². The zero-order valence-corrected chi connectivity index (χ0v) is 12.5. The molecule has 1 aromatic carbocycles. The molecule has 1 N–H and O–H groups in total. The lowest BCUT2D eigenvalue weighted by atomic mass is 10.1. The highest BCUT2D eigenvalue weighted by molar-refractivity contribution is 6.52. The average molecular weight is 320 g/mol. The molecule has 0 saturated carbocycles. The standard InChI is InChI=1S/C15H16N2O6/c1-22-7-6-16-12(18)9-23-13(19)8-17-11-5-3-2-4-10(11)14(20)15(17)21/h2-5H,6-9H2,1H3,(H,16,18). The number of anilines is 1. The number of ether oxygens (including phenoxy) is 2. The first-order chi connectivity index (χ1) is 11.0. The van der Waals surface area contributed by atoms with Crippen molar-refractivity contribution in [2.24, 2.45) is 0 Å². The summed E-state index contributed by atoms with van der Waals surface area (Å²) < 4.78 is 9.56. The minimum absolute atomic E-state index is 0.252. The van der Waals surface area contributed by atoms with Gasteiger partial charge in [0.1, 0.15) is 6.54 Å². The van der Waals surface area contributed by atoms with Gasteiger partial charge in [0.15, 0.2) is 6.61 Å². The predicted molar refractivity (Wildman–Crippen MR) is 79.0 cm³/mol. The number of benzene rings is 1. The normalized spacial score (nSPS) is 13.0. The van der Waals surface area contributed by atoms with Crippen molar-refractivity contribution in [1.82, 2.24) is 5.32 Å². The molecule has 0 bridgehead atoms. The predicted octanol–water partition coefficient (Wildman–Crippen LogP) is -0.478. The van der Waals surface area contributed by atoms with Crippen molar-refractivity contribution >= 4 is 29.3 Å². The van der Waals surface area contributed by atoms with Crippen LogP contribution < -0.4 is 10.2 Å². The molecule has 1 heterocycles. The van der Waals surface area contributed by atoms with Crippen LogP contribution in [-0.2, 0) is 23.9 Å². The molecule has 2 rings (SSSR count). The molecule has 0 aliphatic carbocycles. The molecule has 122 valence electrons. The van der Waals surface area contributed by atoms with Crippen molar-refractivity contribution in [2.45, 2.75) is 0 Å². The SMILES string of the molecule is COCCNC(=O)COC(=O)CN1C(=O)C(=O)c2ccccc21. The van der Waals surface area contributed by atoms with Crippen LogP contribution in [0.5, 0.6) is 0 Å². The van der Waals surface area contributed by atoms with E-state index in [9.17, 15) is 19.2 Å². The van der Waals surface area contributed by atoms with Gasteiger partial charge in [-0.25, -0.2) is 0 Å². The molecule has 1 aliphatic heterocycles. The number of hydrogen-bond donors (Lipinski definition) is 1. The summed E-state index contributed by atoms with van der Waals surface area (Å²) in [6, 6.07) is 6.38. The van der Waals surface area contributed by atoms with Crippen LogP contribution >= 0.6 is 0 Å². The second-order valence-corrected chi connectivity index (χ2v) is 4.74. The van der Waals surface area contributed by atoms with E-state index >= 15 is 0 Å². The summed E-state index contributed by atoms with van der Waals surface area (Å²) in [4.78, 5) is 47.9. The molecule has 23 heavy (non-hydrogen) atoms. The number of fused-ring (bicyclic) bond motifs is 1. The fourth-order valence-corrected chi connectivity index (χ4v) is 2.07. The maximum Gasteiger partial charge on any atom is 0.326 e. The highest BCUT2D eigenvalue weighted by atomic mass is 16.5. The Bertz CT molecular complexity index is 643. The number of amides is 2. The van der Waals surface area contributed by atoms with Crippen LogP contribution in [0.15, 0.2) is 24.3 Å². The molecule has 8 heteroatoms. The number of ketones is 1. The number of esters is 1. The molecule has 2 amide bonds. The molecule has 0 aromatic heterocycles. The van der Waals surface area contributed by atoms with Crippen LogP contribution in [0.2, 0.25) is 0 Å². The first-order valence-corrected chi connectivity index (χ1v) is 6.91. The molecule has 0 atom stereocenters. The van der Waals surface area contributed by atoms with Crippen molar-refractivity contribution in [1.29, 1.82) is 0 Å². The Morgan fingerprint density at radius 1 is 1.22 bits per heavy atom. The van der Waals surface area contributed by atoms with Crippen molar-refractivity contribution in [3.8, 4) is 0 Å². The van der Waals surface area contributed by atoms with E-state index in [4.69, 9.17) is 9.47 Å². The Morgan fingerprint density at radius 2 is 1.96 bits per heavy atom. The number of carbonyl (C=O) groups is 4. The molecule has 0 radical (unpaired) electrons. The van der Waals surface area contributed by atoms with Crippen LogP contribution in [0, 0.1) is 0 Å². The van der Waals surface area contributed by atoms with E-state index in [1.807, 2.05) is 0 Å². The van der Waals surface area contributed by atoms with Gasteiger partial charge in [-0.15, -0.1) is 0 Å². The largest absolute Gasteiger partial charge is 0.454 e. The maximum atomic E-state index is 11.9. The average Bonchev–Trinajstić information content (AvgIpc) is 2.79. The molecule has 0 fully saturated rings. The second kappa shape index (κ2) is 7.50. The monoisotopic (exact) mass is 320 g/mol. The zero-order valence-electron chi connectivity index (χ0n) is 12.5. The van der Waals surface area contributed by atoms with Crippen LogP contribution in [0.3, 0.4) is 0 Å². The van der Waals surface area contributed by atoms with Crippen molar-refractivity contribution in [2.75, 3.05) is 38.3 Å². The van der Waals surface area contributed by atoms with E-state index in [2.05, 4.69) is 5.32 Å². The Hall–Kier alpha value is -2.74. The third-order valence-corrected chi connectivity index (χ3v) is 3.16. The smallest absolute Gasteiger partial charge is 0.326 e. The van der Waals surface area contributed by atoms with Crippen molar-refractivity contribution in [3.63, 3.8) is 0 Å². The van der Waals surface area contributed by atoms with Crippen molar-refractivity contribution in [3.05, 3.63) is 29.8 Å². The summed E-state index contributed by atoms with van der Waals surface area (Å²) in [5.74, 6) is -2.69. The number of nitrogens with zero attached hydrogens (tertiary/aromatic N) is 1. The summed E-state index contributed by atoms with van der Waals surface area (Å²) in [6.07, 6.45) is 0. The lowest BCUT2D eigenvalue weighted by Gasteiger charge is -2.15. The number of hydrogen-bond acceptors (Lipinski definition) is 6. The first-order valence-electron chi connectivity index (χ1n) is 6.91. The summed E-state index contributed by atoms with van der Waals surface area (Å²) in [5.41, 5.74) is 0.617. The summed E-state index contributed by atoms with van der Waals surface area (Å²) >= 11 is 0. The molecular formula is C15H16N2O6. The van der Waals surface area contributed by atoms with Gasteiger partial charge >= 0.3 is 5.97 Å². The molecule has 1 aromatic rings. The lowest BCUT2D eigenvalue weighted by Crippen LogP contribution is -2.37. The molecule has 0 unspecified atom stereocenters. The number of carbonyl (C=O) groups excluding carboxylic acids is 4. The van der Waals surface area contributed by atoms with E-state index in [1.165, 1.54) is 13.2 Å². The highest BCUT2D eigenvalue weighted by Gasteiger charge is 2.36. The number of methoxy groups -OCH3 is 1. The van der Waals surface area contributed by atoms with E-state index in [1.54, 1.807) is 18.2 Å². The van der Waals surface area contributed by atoms with E-state index in [0.717, 1.165) is 4.90 Å². The Labute approximate surface area is 132 Å². The van der Waals surface area contributed by atoms with E-state index in [-0.39, 0.29) is 5.56 Å². The van der Waals surface area contributed by atoms with Gasteiger partial charge in [0, 0.05) is 13.7 Å². The number of Topliss-reactive ketones (excluding diaryl/α,β-unsaturated/α-hetero) is 1. The van der Waals surface area contributed by atoms with Gasteiger partial charge in [0.25, 0.3) is 17.6 Å². The van der Waals surface area contributed by atoms with Gasteiger partial charge in [0.2, 0.25) is 0 Å².